The average Bonchev–Trinajstić information content (AvgIpc) is 2.72. The first-order valence-corrected chi connectivity index (χ1v) is 13.9. The van der Waals surface area contributed by atoms with Crippen LogP contribution < -0.4 is 0 Å². The fourth-order valence-corrected chi connectivity index (χ4v) is 4.62. The molecule has 0 aliphatic carbocycles. The Balaban J connectivity index is 3.59. The van der Waals surface area contributed by atoms with Gasteiger partial charge in [-0.1, -0.05) is 149 Å². The second-order valence-electron chi connectivity index (χ2n) is 10.1. The van der Waals surface area contributed by atoms with Gasteiger partial charge in [-0.3, -0.25) is 0 Å². The Morgan fingerprint density at radius 1 is 0.500 bits per heavy atom. The molecule has 30 heavy (non-hydrogen) atoms. The molecule has 0 aromatic rings. The van der Waals surface area contributed by atoms with Crippen molar-refractivity contribution in [3.63, 3.8) is 0 Å². The molecule has 0 aliphatic heterocycles. The smallest absolute Gasteiger partial charge is 0.0351 e. The van der Waals surface area contributed by atoms with Gasteiger partial charge in [0.05, 0.1) is 0 Å². The second-order valence-corrected chi connectivity index (χ2v) is 10.1. The fraction of sp³-hybridized carbons (Fsp3) is 0.867. The minimum atomic E-state index is 0.863. The highest BCUT2D eigenvalue weighted by Gasteiger charge is 2.10. The summed E-state index contributed by atoms with van der Waals surface area (Å²) in [7, 11) is 0. The number of hydrogen-bond acceptors (Lipinski definition) is 0. The Kier molecular flexibility index (Phi) is 24.8. The highest BCUT2D eigenvalue weighted by molar-refractivity contribution is 4.81. The lowest BCUT2D eigenvalue weighted by Gasteiger charge is -2.19. The van der Waals surface area contributed by atoms with Crippen LogP contribution in [0.15, 0.2) is 12.2 Å². The SMILES string of the molecule is [CH2]CCC/C=C/CCCCCCC(CCCCCCCCCCCC[CH2])CC(C)C. The van der Waals surface area contributed by atoms with E-state index in [2.05, 4.69) is 39.8 Å². The molecule has 0 nitrogen and oxygen atoms in total. The van der Waals surface area contributed by atoms with E-state index in [4.69, 9.17) is 0 Å². The van der Waals surface area contributed by atoms with Crippen molar-refractivity contribution in [1.82, 2.24) is 0 Å². The molecule has 0 amide bonds. The Morgan fingerprint density at radius 2 is 0.900 bits per heavy atom. The molecule has 0 aliphatic rings. The zero-order valence-electron chi connectivity index (χ0n) is 21.3. The maximum Gasteiger partial charge on any atom is -0.0351 e. The third-order valence-corrected chi connectivity index (χ3v) is 6.44. The van der Waals surface area contributed by atoms with Crippen LogP contribution in [0.4, 0.5) is 0 Å². The molecule has 0 spiro atoms. The van der Waals surface area contributed by atoms with Crippen molar-refractivity contribution in [2.45, 2.75) is 155 Å². The summed E-state index contributed by atoms with van der Waals surface area (Å²) in [4.78, 5) is 0. The summed E-state index contributed by atoms with van der Waals surface area (Å²) >= 11 is 0. The van der Waals surface area contributed by atoms with Crippen LogP contribution in [0.2, 0.25) is 0 Å². The third kappa shape index (κ3) is 24.0. The maximum absolute atomic E-state index is 3.93. The summed E-state index contributed by atoms with van der Waals surface area (Å²) in [5.41, 5.74) is 0. The van der Waals surface area contributed by atoms with Crippen molar-refractivity contribution in [1.29, 1.82) is 0 Å². The minimum absolute atomic E-state index is 0.863. The van der Waals surface area contributed by atoms with E-state index in [0.29, 0.717) is 0 Å². The van der Waals surface area contributed by atoms with Gasteiger partial charge < -0.3 is 0 Å². The van der Waals surface area contributed by atoms with E-state index in [9.17, 15) is 0 Å². The maximum atomic E-state index is 3.93. The fourth-order valence-electron chi connectivity index (χ4n) is 4.62. The zero-order chi connectivity index (χ0) is 22.1. The van der Waals surface area contributed by atoms with Gasteiger partial charge in [-0.2, -0.15) is 0 Å². The molecule has 0 heteroatoms. The molecule has 0 saturated carbocycles. The van der Waals surface area contributed by atoms with Crippen LogP contribution in [0.5, 0.6) is 0 Å². The highest BCUT2D eigenvalue weighted by atomic mass is 14.2. The highest BCUT2D eigenvalue weighted by Crippen LogP contribution is 2.25. The van der Waals surface area contributed by atoms with E-state index in [-0.39, 0.29) is 0 Å². The lowest BCUT2D eigenvalue weighted by Crippen LogP contribution is -2.05. The van der Waals surface area contributed by atoms with Crippen molar-refractivity contribution in [2.75, 3.05) is 0 Å². The number of hydrogen-bond donors (Lipinski definition) is 0. The summed E-state index contributed by atoms with van der Waals surface area (Å²) < 4.78 is 0. The van der Waals surface area contributed by atoms with Crippen molar-refractivity contribution in [3.05, 3.63) is 26.0 Å². The molecule has 1 atom stereocenters. The van der Waals surface area contributed by atoms with E-state index in [1.54, 1.807) is 0 Å². The van der Waals surface area contributed by atoms with Crippen LogP contribution in [0, 0.1) is 25.7 Å². The van der Waals surface area contributed by atoms with Crippen molar-refractivity contribution in [2.24, 2.45) is 11.8 Å². The molecule has 0 rings (SSSR count). The molecule has 0 bridgehead atoms. The number of rotatable bonds is 24. The predicted molar refractivity (Wildman–Crippen MR) is 140 cm³/mol. The van der Waals surface area contributed by atoms with Crippen molar-refractivity contribution >= 4 is 0 Å². The van der Waals surface area contributed by atoms with Gasteiger partial charge in [0.25, 0.3) is 0 Å². The number of unbranched alkanes of at least 4 members (excludes halogenated alkanes) is 16. The van der Waals surface area contributed by atoms with Crippen molar-refractivity contribution < 1.29 is 0 Å². The normalized spacial score (nSPS) is 13.0. The zero-order valence-corrected chi connectivity index (χ0v) is 21.3. The first-order chi connectivity index (χ1) is 14.7. The van der Waals surface area contributed by atoms with Gasteiger partial charge in [-0.25, -0.2) is 0 Å². The largest absolute Gasteiger partial charge is 0.0885 e. The van der Waals surface area contributed by atoms with Gasteiger partial charge in [0.2, 0.25) is 0 Å². The molecule has 0 aromatic heterocycles. The van der Waals surface area contributed by atoms with Gasteiger partial charge >= 0.3 is 0 Å². The Bertz CT molecular complexity index is 327. The number of allylic oxidation sites excluding steroid dienone is 2. The molecule has 0 saturated heterocycles. The van der Waals surface area contributed by atoms with Crippen LogP contribution in [0.1, 0.15) is 155 Å². The molecule has 0 N–H and O–H groups in total. The van der Waals surface area contributed by atoms with E-state index in [1.807, 2.05) is 0 Å². The molecule has 2 radical (unpaired) electrons. The molecule has 1 unspecified atom stereocenters. The lowest BCUT2D eigenvalue weighted by molar-refractivity contribution is 0.339. The molecular weight excluding hydrogens is 360 g/mol. The Hall–Kier alpha value is -0.260. The van der Waals surface area contributed by atoms with E-state index < -0.39 is 0 Å². The third-order valence-electron chi connectivity index (χ3n) is 6.44. The van der Waals surface area contributed by atoms with E-state index >= 15 is 0 Å². The van der Waals surface area contributed by atoms with Crippen LogP contribution in [0.3, 0.4) is 0 Å². The topological polar surface area (TPSA) is 0 Å². The summed E-state index contributed by atoms with van der Waals surface area (Å²) in [6.45, 7) is 12.6. The van der Waals surface area contributed by atoms with Gasteiger partial charge in [0.15, 0.2) is 0 Å². The second kappa shape index (κ2) is 25.0. The molecule has 0 fully saturated rings. The van der Waals surface area contributed by atoms with Gasteiger partial charge in [0, 0.05) is 0 Å². The minimum Gasteiger partial charge on any atom is -0.0885 e. The van der Waals surface area contributed by atoms with Crippen LogP contribution in [-0.2, 0) is 0 Å². The first-order valence-electron chi connectivity index (χ1n) is 13.9. The summed E-state index contributed by atoms with van der Waals surface area (Å²) in [5.74, 6) is 1.85. The van der Waals surface area contributed by atoms with Crippen LogP contribution in [-0.4, -0.2) is 0 Å². The van der Waals surface area contributed by atoms with Crippen molar-refractivity contribution in [3.8, 4) is 0 Å². The van der Waals surface area contributed by atoms with Gasteiger partial charge in [-0.15, -0.1) is 0 Å². The summed E-state index contributed by atoms with van der Waals surface area (Å²) in [6.07, 6.45) is 35.2. The molecule has 178 valence electrons. The van der Waals surface area contributed by atoms with E-state index in [1.165, 1.54) is 128 Å². The summed E-state index contributed by atoms with van der Waals surface area (Å²) in [5, 5.41) is 0. The van der Waals surface area contributed by atoms with Crippen LogP contribution >= 0.6 is 0 Å². The lowest BCUT2D eigenvalue weighted by atomic mass is 9.87. The van der Waals surface area contributed by atoms with Gasteiger partial charge in [-0.05, 0) is 43.9 Å². The first kappa shape index (κ1) is 29.7. The average molecular weight is 419 g/mol. The molecular formula is C30H58. The van der Waals surface area contributed by atoms with E-state index in [0.717, 1.165) is 24.7 Å². The quantitative estimate of drug-likeness (QED) is 0.108. The standard InChI is InChI=1S/C30H58/c1-5-7-9-11-13-15-17-19-21-23-25-27-30(28-29(3)4)26-24-22-20-18-16-14-12-10-8-6-2/h12,14,29-30H,1-2,5-11,13,15-28H2,3-4H3/b14-12+. The van der Waals surface area contributed by atoms with Gasteiger partial charge in [0.1, 0.15) is 0 Å². The van der Waals surface area contributed by atoms with Crippen LogP contribution in [0.25, 0.3) is 0 Å². The summed E-state index contributed by atoms with van der Waals surface area (Å²) in [6, 6.07) is 0. The Morgan fingerprint density at radius 3 is 1.37 bits per heavy atom. The molecule has 0 aromatic carbocycles. The Labute approximate surface area is 193 Å². The monoisotopic (exact) mass is 418 g/mol. The molecule has 0 heterocycles. The predicted octanol–water partition coefficient (Wildman–Crippen LogP) is 11.1.